The Hall–Kier alpha value is -1.15. The van der Waals surface area contributed by atoms with Crippen LogP contribution in [0.25, 0.3) is 0 Å². The number of hydrogen-bond donors (Lipinski definition) is 2. The molecule has 2 rings (SSSR count). The van der Waals surface area contributed by atoms with Gasteiger partial charge < -0.3 is 15.7 Å². The first-order valence-electron chi connectivity index (χ1n) is 6.51. The molecule has 1 aliphatic heterocycles. The summed E-state index contributed by atoms with van der Waals surface area (Å²) < 4.78 is 26.7. The van der Waals surface area contributed by atoms with Crippen molar-refractivity contribution in [2.24, 2.45) is 0 Å². The molecule has 1 fully saturated rings. The van der Waals surface area contributed by atoms with E-state index in [0.29, 0.717) is 18.7 Å². The summed E-state index contributed by atoms with van der Waals surface area (Å²) in [5, 5.41) is 9.80. The third-order valence-electron chi connectivity index (χ3n) is 3.38. The lowest BCUT2D eigenvalue weighted by molar-refractivity contribution is 0.188. The van der Waals surface area contributed by atoms with Crippen LogP contribution in [-0.2, 0) is 10.0 Å². The Balaban J connectivity index is 2.32. The van der Waals surface area contributed by atoms with Crippen LogP contribution in [0.4, 0.5) is 5.69 Å². The number of anilines is 1. The standard InChI is InChI=1S/C13H21N3O3S/c1-15(2)8-11-7-12(17)9-16(11)20(18,19)13-5-3-4-10(14)6-13/h3-6,11-12,17H,7-9,14H2,1-2H3. The average Bonchev–Trinajstić information content (AvgIpc) is 2.70. The molecule has 6 nitrogen and oxygen atoms in total. The second-order valence-corrected chi connectivity index (χ2v) is 7.34. The highest BCUT2D eigenvalue weighted by Gasteiger charge is 2.39. The van der Waals surface area contributed by atoms with Gasteiger partial charge in [-0.25, -0.2) is 8.42 Å². The maximum Gasteiger partial charge on any atom is 0.243 e. The second kappa shape index (κ2) is 5.69. The van der Waals surface area contributed by atoms with Crippen molar-refractivity contribution in [1.29, 1.82) is 0 Å². The number of nitrogens with two attached hydrogens (primary N) is 1. The Bertz CT molecular complexity index is 574. The number of rotatable bonds is 4. The SMILES string of the molecule is CN(C)CC1CC(O)CN1S(=O)(=O)c1cccc(N)c1. The molecule has 0 amide bonds. The van der Waals surface area contributed by atoms with E-state index in [1.807, 2.05) is 19.0 Å². The first-order chi connectivity index (χ1) is 9.30. The van der Waals surface area contributed by atoms with Gasteiger partial charge in [0.25, 0.3) is 0 Å². The second-order valence-electron chi connectivity index (χ2n) is 5.45. The summed E-state index contributed by atoms with van der Waals surface area (Å²) in [5.74, 6) is 0. The minimum absolute atomic E-state index is 0.135. The molecule has 1 aromatic rings. The zero-order valence-corrected chi connectivity index (χ0v) is 12.5. The summed E-state index contributed by atoms with van der Waals surface area (Å²) >= 11 is 0. The monoisotopic (exact) mass is 299 g/mol. The van der Waals surface area contributed by atoms with Gasteiger partial charge in [-0.05, 0) is 38.7 Å². The number of nitrogens with zero attached hydrogens (tertiary/aromatic N) is 2. The first-order valence-corrected chi connectivity index (χ1v) is 7.95. The van der Waals surface area contributed by atoms with Gasteiger partial charge in [-0.15, -0.1) is 0 Å². The van der Waals surface area contributed by atoms with Crippen molar-refractivity contribution >= 4 is 15.7 Å². The van der Waals surface area contributed by atoms with Crippen LogP contribution in [0, 0.1) is 0 Å². The number of hydrogen-bond acceptors (Lipinski definition) is 5. The molecule has 1 aromatic carbocycles. The number of sulfonamides is 1. The third kappa shape index (κ3) is 3.12. The topological polar surface area (TPSA) is 86.9 Å². The van der Waals surface area contributed by atoms with E-state index in [1.165, 1.54) is 16.4 Å². The summed E-state index contributed by atoms with van der Waals surface area (Å²) in [6.45, 7) is 0.717. The molecule has 20 heavy (non-hydrogen) atoms. The van der Waals surface area contributed by atoms with Crippen LogP contribution in [0.1, 0.15) is 6.42 Å². The Labute approximate surface area is 119 Å². The molecule has 0 saturated carbocycles. The van der Waals surface area contributed by atoms with Crippen molar-refractivity contribution in [1.82, 2.24) is 9.21 Å². The summed E-state index contributed by atoms with van der Waals surface area (Å²) in [6.07, 6.45) is -0.157. The molecule has 0 bridgehead atoms. The van der Waals surface area contributed by atoms with E-state index in [-0.39, 0.29) is 17.5 Å². The highest BCUT2D eigenvalue weighted by molar-refractivity contribution is 7.89. The smallest absolute Gasteiger partial charge is 0.243 e. The van der Waals surface area contributed by atoms with E-state index < -0.39 is 16.1 Å². The summed E-state index contributed by atoms with van der Waals surface area (Å²) in [6, 6.07) is 6.03. The van der Waals surface area contributed by atoms with Gasteiger partial charge >= 0.3 is 0 Å². The molecule has 112 valence electrons. The molecule has 2 atom stereocenters. The summed E-state index contributed by atoms with van der Waals surface area (Å²) in [4.78, 5) is 2.10. The van der Waals surface area contributed by atoms with Gasteiger partial charge in [-0.3, -0.25) is 0 Å². The Morgan fingerprint density at radius 1 is 1.45 bits per heavy atom. The maximum absolute atomic E-state index is 12.7. The Kier molecular flexibility index (Phi) is 4.33. The molecule has 0 aromatic heterocycles. The molecule has 1 saturated heterocycles. The van der Waals surface area contributed by atoms with Crippen molar-refractivity contribution < 1.29 is 13.5 Å². The molecule has 0 aliphatic carbocycles. The number of aliphatic hydroxyl groups is 1. The lowest BCUT2D eigenvalue weighted by Gasteiger charge is -2.26. The van der Waals surface area contributed by atoms with Gasteiger partial charge in [0.05, 0.1) is 11.0 Å². The molecule has 1 heterocycles. The van der Waals surface area contributed by atoms with Crippen LogP contribution >= 0.6 is 0 Å². The van der Waals surface area contributed by atoms with Crippen LogP contribution in [-0.4, -0.2) is 62.1 Å². The summed E-state index contributed by atoms with van der Waals surface area (Å²) in [5.41, 5.74) is 6.07. The fourth-order valence-electron chi connectivity index (χ4n) is 2.55. The van der Waals surface area contributed by atoms with Crippen LogP contribution in [0.3, 0.4) is 0 Å². The number of benzene rings is 1. The minimum Gasteiger partial charge on any atom is -0.399 e. The molecule has 0 radical (unpaired) electrons. The highest BCUT2D eigenvalue weighted by atomic mass is 32.2. The van der Waals surface area contributed by atoms with E-state index in [2.05, 4.69) is 0 Å². The predicted molar refractivity (Wildman–Crippen MR) is 77.7 cm³/mol. The molecule has 3 N–H and O–H groups in total. The van der Waals surface area contributed by atoms with Crippen LogP contribution in [0.2, 0.25) is 0 Å². The van der Waals surface area contributed by atoms with Crippen LogP contribution < -0.4 is 5.73 Å². The average molecular weight is 299 g/mol. The van der Waals surface area contributed by atoms with E-state index >= 15 is 0 Å². The number of likely N-dealkylation sites (N-methyl/N-ethyl adjacent to an activating group) is 1. The normalized spacial score (nSPS) is 24.4. The fraction of sp³-hybridized carbons (Fsp3) is 0.538. The quantitative estimate of drug-likeness (QED) is 0.762. The molecular weight excluding hydrogens is 278 g/mol. The highest BCUT2D eigenvalue weighted by Crippen LogP contribution is 2.27. The lowest BCUT2D eigenvalue weighted by atomic mass is 10.2. The maximum atomic E-state index is 12.7. The molecule has 0 spiro atoms. The largest absolute Gasteiger partial charge is 0.399 e. The van der Waals surface area contributed by atoms with Crippen molar-refractivity contribution in [2.45, 2.75) is 23.5 Å². The Morgan fingerprint density at radius 3 is 2.75 bits per heavy atom. The first kappa shape index (κ1) is 15.2. The van der Waals surface area contributed by atoms with E-state index in [4.69, 9.17) is 5.73 Å². The van der Waals surface area contributed by atoms with Crippen molar-refractivity contribution in [3.8, 4) is 0 Å². The number of β-amino-alcohol motifs (C(OH)–C–C–N with tert-alkyl or cyclic N) is 1. The van der Waals surface area contributed by atoms with Crippen LogP contribution in [0.15, 0.2) is 29.2 Å². The minimum atomic E-state index is -3.62. The third-order valence-corrected chi connectivity index (χ3v) is 5.30. The molecule has 7 heteroatoms. The zero-order valence-electron chi connectivity index (χ0n) is 11.7. The van der Waals surface area contributed by atoms with Gasteiger partial charge in [0.1, 0.15) is 0 Å². The van der Waals surface area contributed by atoms with Gasteiger partial charge in [-0.2, -0.15) is 4.31 Å². The van der Waals surface area contributed by atoms with Crippen LogP contribution in [0.5, 0.6) is 0 Å². The lowest BCUT2D eigenvalue weighted by Crippen LogP contribution is -2.41. The molecule has 1 aliphatic rings. The Morgan fingerprint density at radius 2 is 2.15 bits per heavy atom. The molecular formula is C13H21N3O3S. The van der Waals surface area contributed by atoms with E-state index in [1.54, 1.807) is 12.1 Å². The predicted octanol–water partition coefficient (Wildman–Crippen LogP) is -0.0457. The van der Waals surface area contributed by atoms with E-state index in [9.17, 15) is 13.5 Å². The van der Waals surface area contributed by atoms with Gasteiger partial charge in [0.2, 0.25) is 10.0 Å². The van der Waals surface area contributed by atoms with Gasteiger partial charge in [0, 0.05) is 24.8 Å². The van der Waals surface area contributed by atoms with Gasteiger partial charge in [0.15, 0.2) is 0 Å². The zero-order chi connectivity index (χ0) is 14.9. The van der Waals surface area contributed by atoms with Crippen molar-refractivity contribution in [3.63, 3.8) is 0 Å². The number of aliphatic hydroxyl groups excluding tert-OH is 1. The summed E-state index contributed by atoms with van der Waals surface area (Å²) in [7, 11) is 0.148. The van der Waals surface area contributed by atoms with Gasteiger partial charge in [-0.1, -0.05) is 6.07 Å². The van der Waals surface area contributed by atoms with Crippen molar-refractivity contribution in [3.05, 3.63) is 24.3 Å². The fourth-order valence-corrected chi connectivity index (χ4v) is 4.27. The van der Waals surface area contributed by atoms with Crippen molar-refractivity contribution in [2.75, 3.05) is 32.9 Å². The molecule has 2 unspecified atom stereocenters. The number of nitrogen functional groups attached to an aromatic ring is 1. The van der Waals surface area contributed by atoms with E-state index in [0.717, 1.165) is 0 Å².